The van der Waals surface area contributed by atoms with Crippen molar-refractivity contribution in [3.63, 3.8) is 0 Å². The number of carbonyl (C=O) groups excluding carboxylic acids is 2. The van der Waals surface area contributed by atoms with Gasteiger partial charge in [-0.2, -0.15) is 0 Å². The summed E-state index contributed by atoms with van der Waals surface area (Å²) in [5, 5.41) is 3.20. The Kier molecular flexibility index (Phi) is 8.32. The molecule has 0 spiro atoms. The Hall–Kier alpha value is -4.93. The Bertz CT molecular complexity index is 2040. The third kappa shape index (κ3) is 6.22. The maximum absolute atomic E-state index is 15.5. The minimum absolute atomic E-state index is 0.108. The molecule has 0 bridgehead atoms. The first-order valence-corrected chi connectivity index (χ1v) is 17.2. The third-order valence-electron chi connectivity index (χ3n) is 9.73. The van der Waals surface area contributed by atoms with Crippen LogP contribution >= 0.6 is 0 Å². The fourth-order valence-electron chi connectivity index (χ4n) is 7.40. The lowest BCUT2D eigenvalue weighted by Gasteiger charge is -2.32. The first kappa shape index (κ1) is 32.6. The molecule has 0 saturated heterocycles. The Balaban J connectivity index is 1.18. The average Bonchev–Trinajstić information content (AvgIpc) is 3.45. The summed E-state index contributed by atoms with van der Waals surface area (Å²) in [6.45, 7) is 9.61. The van der Waals surface area contributed by atoms with E-state index in [9.17, 15) is 14.4 Å². The first-order valence-electron chi connectivity index (χ1n) is 17.2. The number of aromatic nitrogens is 3. The summed E-state index contributed by atoms with van der Waals surface area (Å²) in [7, 11) is 1.65. The van der Waals surface area contributed by atoms with Crippen molar-refractivity contribution in [3.05, 3.63) is 92.4 Å². The molecule has 11 heteroatoms. The van der Waals surface area contributed by atoms with Crippen LogP contribution in [-0.4, -0.2) is 49.7 Å². The van der Waals surface area contributed by atoms with Gasteiger partial charge in [-0.25, -0.2) is 14.2 Å². The smallest absolute Gasteiger partial charge is 0.410 e. The van der Waals surface area contributed by atoms with Gasteiger partial charge in [-0.15, -0.1) is 0 Å². The predicted molar refractivity (Wildman–Crippen MR) is 187 cm³/mol. The number of nitrogens with zero attached hydrogens (tertiary/aromatic N) is 5. The number of nitrogens with one attached hydrogen (secondary N) is 1. The number of amides is 2. The lowest BCUT2D eigenvalue weighted by atomic mass is 9.98. The van der Waals surface area contributed by atoms with Gasteiger partial charge in [0.1, 0.15) is 17.1 Å². The van der Waals surface area contributed by atoms with Crippen LogP contribution in [0.4, 0.5) is 26.4 Å². The fourth-order valence-corrected chi connectivity index (χ4v) is 7.40. The zero-order valence-electron chi connectivity index (χ0n) is 28.9. The predicted octanol–water partition coefficient (Wildman–Crippen LogP) is 6.53. The Labute approximate surface area is 285 Å². The van der Waals surface area contributed by atoms with E-state index in [4.69, 9.17) is 9.72 Å². The van der Waals surface area contributed by atoms with E-state index in [0.29, 0.717) is 67.3 Å². The van der Waals surface area contributed by atoms with Crippen molar-refractivity contribution in [2.24, 2.45) is 7.05 Å². The molecule has 0 saturated carbocycles. The minimum atomic E-state index is -0.568. The topological polar surface area (TPSA) is 102 Å². The lowest BCUT2D eigenvalue weighted by Crippen LogP contribution is -2.41. The van der Waals surface area contributed by atoms with E-state index >= 15 is 4.39 Å². The number of aryl methyl sites for hydroxylation is 2. The molecule has 1 N–H and O–H groups in total. The molecule has 0 atom stereocenters. The number of hydrogen-bond acceptors (Lipinski definition) is 6. The Morgan fingerprint density at radius 2 is 1.78 bits per heavy atom. The van der Waals surface area contributed by atoms with Crippen LogP contribution in [0.3, 0.4) is 0 Å². The number of anilines is 3. The molecule has 10 nitrogen and oxygen atoms in total. The van der Waals surface area contributed by atoms with Gasteiger partial charge < -0.3 is 29.0 Å². The van der Waals surface area contributed by atoms with Crippen molar-refractivity contribution in [2.45, 2.75) is 84.9 Å². The summed E-state index contributed by atoms with van der Waals surface area (Å²) < 4.78 is 24.6. The summed E-state index contributed by atoms with van der Waals surface area (Å²) in [5.41, 5.74) is 7.35. The summed E-state index contributed by atoms with van der Waals surface area (Å²) in [6.07, 6.45) is 6.68. The second-order valence-corrected chi connectivity index (χ2v) is 14.3. The van der Waals surface area contributed by atoms with Gasteiger partial charge in [-0.1, -0.05) is 13.0 Å². The molecule has 2 aliphatic heterocycles. The molecular formula is C38H43FN6O4. The quantitative estimate of drug-likeness (QED) is 0.260. The molecule has 3 aliphatic rings. The summed E-state index contributed by atoms with van der Waals surface area (Å²) in [6, 6.07) is 10.7. The zero-order chi connectivity index (χ0) is 34.6. The molecule has 7 rings (SSSR count). The molecule has 0 radical (unpaired) electrons. The number of benzene rings is 2. The van der Waals surface area contributed by atoms with E-state index in [0.717, 1.165) is 42.4 Å². The molecule has 2 aromatic heterocycles. The minimum Gasteiger partial charge on any atom is -0.444 e. The first-order chi connectivity index (χ1) is 23.4. The van der Waals surface area contributed by atoms with Crippen LogP contribution < -0.4 is 15.8 Å². The highest BCUT2D eigenvalue weighted by Gasteiger charge is 2.32. The van der Waals surface area contributed by atoms with Gasteiger partial charge in [0.2, 0.25) is 0 Å². The number of fused-ring (bicyclic) bond motifs is 4. The van der Waals surface area contributed by atoms with E-state index in [-0.39, 0.29) is 23.4 Å². The summed E-state index contributed by atoms with van der Waals surface area (Å²) in [5.74, 6) is -0.490. The number of hydrogen-bond donors (Lipinski definition) is 1. The molecule has 1 aliphatic carbocycles. The van der Waals surface area contributed by atoms with Crippen molar-refractivity contribution in [3.8, 4) is 11.3 Å². The highest BCUT2D eigenvalue weighted by Crippen LogP contribution is 2.36. The number of carbonyl (C=O) groups is 2. The van der Waals surface area contributed by atoms with Crippen LogP contribution in [0.5, 0.6) is 0 Å². The van der Waals surface area contributed by atoms with Gasteiger partial charge in [0, 0.05) is 56.4 Å². The number of ether oxygens (including phenoxy) is 1. The molecule has 4 heterocycles. The van der Waals surface area contributed by atoms with Gasteiger partial charge in [0.25, 0.3) is 11.5 Å². The van der Waals surface area contributed by atoms with Crippen LogP contribution in [-0.2, 0) is 50.6 Å². The average molecular weight is 667 g/mol. The zero-order valence-corrected chi connectivity index (χ0v) is 28.9. The molecule has 0 unspecified atom stereocenters. The molecule has 4 aromatic rings. The molecule has 0 fully saturated rings. The van der Waals surface area contributed by atoms with E-state index in [1.807, 2.05) is 52.0 Å². The summed E-state index contributed by atoms with van der Waals surface area (Å²) in [4.78, 5) is 48.0. The van der Waals surface area contributed by atoms with E-state index in [2.05, 4.69) is 9.88 Å². The van der Waals surface area contributed by atoms with Crippen molar-refractivity contribution in [1.29, 1.82) is 0 Å². The van der Waals surface area contributed by atoms with Crippen molar-refractivity contribution in [2.75, 3.05) is 23.3 Å². The second-order valence-electron chi connectivity index (χ2n) is 14.3. The van der Waals surface area contributed by atoms with Gasteiger partial charge in [-0.05, 0) is 112 Å². The highest BCUT2D eigenvalue weighted by molar-refractivity contribution is 6.07. The summed E-state index contributed by atoms with van der Waals surface area (Å²) >= 11 is 0. The monoisotopic (exact) mass is 666 g/mol. The molecule has 49 heavy (non-hydrogen) atoms. The van der Waals surface area contributed by atoms with Crippen molar-refractivity contribution < 1.29 is 18.7 Å². The maximum atomic E-state index is 15.5. The highest BCUT2D eigenvalue weighted by atomic mass is 19.1. The third-order valence-corrected chi connectivity index (χ3v) is 9.73. The van der Waals surface area contributed by atoms with Crippen LogP contribution in [0.15, 0.2) is 47.4 Å². The van der Waals surface area contributed by atoms with Gasteiger partial charge in [-0.3, -0.25) is 9.59 Å². The van der Waals surface area contributed by atoms with E-state index < -0.39 is 11.4 Å². The van der Waals surface area contributed by atoms with Crippen molar-refractivity contribution in [1.82, 2.24) is 19.0 Å². The van der Waals surface area contributed by atoms with Crippen LogP contribution in [0.25, 0.3) is 11.3 Å². The largest absolute Gasteiger partial charge is 0.444 e. The van der Waals surface area contributed by atoms with Crippen molar-refractivity contribution >= 4 is 29.2 Å². The van der Waals surface area contributed by atoms with Gasteiger partial charge >= 0.3 is 6.09 Å². The van der Waals surface area contributed by atoms with Gasteiger partial charge in [0.05, 0.1) is 11.4 Å². The Morgan fingerprint density at radius 3 is 2.55 bits per heavy atom. The van der Waals surface area contributed by atoms with Crippen LogP contribution in [0.2, 0.25) is 0 Å². The van der Waals surface area contributed by atoms with E-state index in [1.54, 1.807) is 23.0 Å². The number of halogens is 1. The molecular weight excluding hydrogens is 623 g/mol. The second kappa shape index (κ2) is 12.5. The lowest BCUT2D eigenvalue weighted by molar-refractivity contribution is 0.0224. The Morgan fingerprint density at radius 1 is 0.980 bits per heavy atom. The maximum Gasteiger partial charge on any atom is 0.410 e. The molecule has 2 aromatic carbocycles. The normalized spacial score (nSPS) is 15.8. The molecule has 2 amide bonds. The van der Waals surface area contributed by atoms with E-state index in [1.165, 1.54) is 28.0 Å². The molecule has 256 valence electrons. The van der Waals surface area contributed by atoms with Crippen LogP contribution in [0, 0.1) is 5.82 Å². The van der Waals surface area contributed by atoms with Crippen LogP contribution in [0.1, 0.15) is 79.0 Å². The standard InChI is InChI=1S/C38H43FN6O4/c1-6-28-29(19-26(39)20-32(28)45-16-15-44-31-10-8-7-9-24(31)18-33(44)35(45)46)30-22-42(5)36(47)34(41-30)40-27-12-11-25-21-43(14-13-23(25)17-27)37(48)49-38(2,3)4/h11-12,17-20,22H,6-10,13-16,21H2,1-5H3,(H,40,41). The van der Waals surface area contributed by atoms with Gasteiger partial charge in [0.15, 0.2) is 5.82 Å². The SMILES string of the molecule is CCc1c(-c2cn(C)c(=O)c(Nc3ccc4c(c3)CCN(C(=O)OC(C)(C)C)C4)n2)cc(F)cc1N1CCn2c(cc3c2CCCC3)C1=O. The fraction of sp³-hybridized carbons (Fsp3) is 0.421. The number of rotatable bonds is 5.